The molecule has 2 aromatic carbocycles. The maximum absolute atomic E-state index is 14.2. The van der Waals surface area contributed by atoms with Crippen LogP contribution >= 0.6 is 15.9 Å². The Bertz CT molecular complexity index is 621. The van der Waals surface area contributed by atoms with Crippen LogP contribution in [0.5, 0.6) is 5.75 Å². The van der Waals surface area contributed by atoms with E-state index in [1.165, 1.54) is 6.07 Å². The third-order valence-electron chi connectivity index (χ3n) is 3.48. The predicted octanol–water partition coefficient (Wildman–Crippen LogP) is 3.73. The molecule has 0 heterocycles. The molecule has 3 nitrogen and oxygen atoms in total. The molecule has 112 valence electrons. The van der Waals surface area contributed by atoms with Crippen molar-refractivity contribution in [3.8, 4) is 5.75 Å². The third kappa shape index (κ3) is 3.36. The van der Waals surface area contributed by atoms with Crippen LogP contribution in [-0.2, 0) is 0 Å². The molecule has 0 fully saturated rings. The molecule has 0 radical (unpaired) electrons. The van der Waals surface area contributed by atoms with Gasteiger partial charge in [0.1, 0.15) is 11.6 Å². The Morgan fingerprint density at radius 3 is 2.62 bits per heavy atom. The van der Waals surface area contributed by atoms with Gasteiger partial charge in [0.25, 0.3) is 0 Å². The number of nitrogens with zero attached hydrogens (tertiary/aromatic N) is 1. The van der Waals surface area contributed by atoms with Crippen molar-refractivity contribution < 1.29 is 9.13 Å². The Balaban J connectivity index is 2.40. The van der Waals surface area contributed by atoms with E-state index in [1.807, 2.05) is 42.3 Å². The highest BCUT2D eigenvalue weighted by atomic mass is 79.9. The smallest absolute Gasteiger partial charge is 0.142 e. The van der Waals surface area contributed by atoms with Crippen molar-refractivity contribution in [2.24, 2.45) is 5.73 Å². The van der Waals surface area contributed by atoms with Crippen LogP contribution in [0.15, 0.2) is 46.9 Å². The van der Waals surface area contributed by atoms with E-state index in [1.54, 1.807) is 13.2 Å². The minimum atomic E-state index is -0.276. The van der Waals surface area contributed by atoms with Gasteiger partial charge in [0.15, 0.2) is 0 Å². The van der Waals surface area contributed by atoms with Crippen LogP contribution in [0, 0.1) is 5.82 Å². The summed E-state index contributed by atoms with van der Waals surface area (Å²) in [4.78, 5) is 1.94. The third-order valence-corrected chi connectivity index (χ3v) is 3.97. The van der Waals surface area contributed by atoms with E-state index in [-0.39, 0.29) is 11.9 Å². The zero-order chi connectivity index (χ0) is 15.4. The van der Waals surface area contributed by atoms with Gasteiger partial charge in [-0.2, -0.15) is 0 Å². The average Bonchev–Trinajstić information content (AvgIpc) is 2.49. The van der Waals surface area contributed by atoms with Gasteiger partial charge in [0.05, 0.1) is 18.8 Å². The number of rotatable bonds is 5. The number of halogens is 2. The van der Waals surface area contributed by atoms with Crippen LogP contribution in [0.2, 0.25) is 0 Å². The molecule has 0 aliphatic carbocycles. The Hall–Kier alpha value is -1.59. The molecule has 5 heteroatoms. The summed E-state index contributed by atoms with van der Waals surface area (Å²) < 4.78 is 20.3. The minimum absolute atomic E-state index is 0.269. The summed E-state index contributed by atoms with van der Waals surface area (Å²) >= 11 is 3.27. The molecule has 2 aromatic rings. The molecule has 0 aliphatic heterocycles. The number of likely N-dealkylation sites (N-methyl/N-ethyl adjacent to an activating group) is 1. The van der Waals surface area contributed by atoms with Crippen molar-refractivity contribution in [2.45, 2.75) is 6.04 Å². The molecule has 0 amide bonds. The van der Waals surface area contributed by atoms with Crippen molar-refractivity contribution in [1.82, 2.24) is 0 Å². The lowest BCUT2D eigenvalue weighted by molar-refractivity contribution is 0.413. The van der Waals surface area contributed by atoms with E-state index >= 15 is 0 Å². The quantitative estimate of drug-likeness (QED) is 0.890. The lowest BCUT2D eigenvalue weighted by atomic mass is 10.0. The lowest BCUT2D eigenvalue weighted by Gasteiger charge is -2.30. The van der Waals surface area contributed by atoms with Crippen LogP contribution in [0.25, 0.3) is 0 Å². The second-order valence-electron chi connectivity index (χ2n) is 4.70. The summed E-state index contributed by atoms with van der Waals surface area (Å²) in [6.07, 6.45) is 0. The molecule has 21 heavy (non-hydrogen) atoms. The Kier molecular flexibility index (Phi) is 5.20. The van der Waals surface area contributed by atoms with Crippen molar-refractivity contribution in [1.29, 1.82) is 0 Å². The summed E-state index contributed by atoms with van der Waals surface area (Å²) in [6, 6.07) is 12.4. The van der Waals surface area contributed by atoms with Crippen LogP contribution in [0.4, 0.5) is 10.1 Å². The zero-order valence-corrected chi connectivity index (χ0v) is 13.6. The van der Waals surface area contributed by atoms with Gasteiger partial charge in [-0.15, -0.1) is 0 Å². The number of para-hydroxylation sites is 2. The van der Waals surface area contributed by atoms with E-state index in [0.717, 1.165) is 11.4 Å². The van der Waals surface area contributed by atoms with E-state index in [2.05, 4.69) is 15.9 Å². The standard InChI is InChI=1S/C16H18BrFN2O/c1-20(14-5-3-4-6-16(14)21-2)15(10-19)12-8-7-11(17)9-13(12)18/h3-9,15H,10,19H2,1-2H3. The molecule has 1 atom stereocenters. The maximum Gasteiger partial charge on any atom is 0.142 e. The number of hydrogen-bond acceptors (Lipinski definition) is 3. The maximum atomic E-state index is 14.2. The van der Waals surface area contributed by atoms with E-state index in [0.29, 0.717) is 16.6 Å². The number of anilines is 1. The number of nitrogens with two attached hydrogens (primary N) is 1. The van der Waals surface area contributed by atoms with Gasteiger partial charge in [-0.1, -0.05) is 34.1 Å². The summed E-state index contributed by atoms with van der Waals surface area (Å²) in [7, 11) is 3.50. The molecule has 0 spiro atoms. The molecule has 0 aliphatic rings. The highest BCUT2D eigenvalue weighted by Gasteiger charge is 2.21. The minimum Gasteiger partial charge on any atom is -0.495 e. The first-order chi connectivity index (χ1) is 10.1. The fraction of sp³-hybridized carbons (Fsp3) is 0.250. The SMILES string of the molecule is COc1ccccc1N(C)C(CN)c1ccc(Br)cc1F. The number of methoxy groups -OCH3 is 1. The van der Waals surface area contributed by atoms with Gasteiger partial charge in [-0.05, 0) is 24.3 Å². The van der Waals surface area contributed by atoms with Crippen molar-refractivity contribution in [2.75, 3.05) is 25.6 Å². The van der Waals surface area contributed by atoms with Crippen LogP contribution in [-0.4, -0.2) is 20.7 Å². The van der Waals surface area contributed by atoms with E-state index in [4.69, 9.17) is 10.5 Å². The van der Waals surface area contributed by atoms with Crippen LogP contribution in [0.1, 0.15) is 11.6 Å². The van der Waals surface area contributed by atoms with Gasteiger partial charge in [0, 0.05) is 23.6 Å². The summed E-state index contributed by atoms with van der Waals surface area (Å²) in [5.41, 5.74) is 7.32. The average molecular weight is 353 g/mol. The first-order valence-corrected chi connectivity index (χ1v) is 7.38. The second-order valence-corrected chi connectivity index (χ2v) is 5.62. The van der Waals surface area contributed by atoms with E-state index < -0.39 is 0 Å². The fourth-order valence-corrected chi connectivity index (χ4v) is 2.69. The molecule has 0 bridgehead atoms. The van der Waals surface area contributed by atoms with Crippen molar-refractivity contribution in [3.63, 3.8) is 0 Å². The molecule has 2 rings (SSSR count). The van der Waals surface area contributed by atoms with E-state index in [9.17, 15) is 4.39 Å². The Morgan fingerprint density at radius 1 is 1.29 bits per heavy atom. The van der Waals surface area contributed by atoms with Gasteiger partial charge < -0.3 is 15.4 Å². The summed E-state index contributed by atoms with van der Waals surface area (Å²) in [5.74, 6) is 0.456. The van der Waals surface area contributed by atoms with Gasteiger partial charge in [0.2, 0.25) is 0 Å². The zero-order valence-electron chi connectivity index (χ0n) is 12.0. The van der Waals surface area contributed by atoms with Crippen LogP contribution in [0.3, 0.4) is 0 Å². The fourth-order valence-electron chi connectivity index (χ4n) is 2.35. The number of benzene rings is 2. The first-order valence-electron chi connectivity index (χ1n) is 6.59. The van der Waals surface area contributed by atoms with Crippen LogP contribution < -0.4 is 15.4 Å². The van der Waals surface area contributed by atoms with Crippen molar-refractivity contribution in [3.05, 3.63) is 58.3 Å². The Labute approximate surface area is 132 Å². The normalized spacial score (nSPS) is 12.0. The molecular weight excluding hydrogens is 335 g/mol. The second kappa shape index (κ2) is 6.91. The summed E-state index contributed by atoms with van der Waals surface area (Å²) in [5, 5.41) is 0. The predicted molar refractivity (Wildman–Crippen MR) is 87.3 cm³/mol. The lowest BCUT2D eigenvalue weighted by Crippen LogP contribution is -2.31. The number of ether oxygens (including phenoxy) is 1. The molecule has 0 aromatic heterocycles. The highest BCUT2D eigenvalue weighted by molar-refractivity contribution is 9.10. The molecule has 1 unspecified atom stereocenters. The highest BCUT2D eigenvalue weighted by Crippen LogP contribution is 2.33. The topological polar surface area (TPSA) is 38.5 Å². The van der Waals surface area contributed by atoms with Gasteiger partial charge in [-0.3, -0.25) is 0 Å². The monoisotopic (exact) mass is 352 g/mol. The molecule has 0 saturated carbocycles. The van der Waals surface area contributed by atoms with Gasteiger partial charge in [-0.25, -0.2) is 4.39 Å². The van der Waals surface area contributed by atoms with Gasteiger partial charge >= 0.3 is 0 Å². The molecular formula is C16H18BrFN2O. The first kappa shape index (κ1) is 15.8. The molecule has 0 saturated heterocycles. The number of hydrogen-bond donors (Lipinski definition) is 1. The largest absolute Gasteiger partial charge is 0.495 e. The Morgan fingerprint density at radius 2 is 2.00 bits per heavy atom. The summed E-state index contributed by atoms with van der Waals surface area (Å²) in [6.45, 7) is 0.299. The molecule has 2 N–H and O–H groups in total. The van der Waals surface area contributed by atoms with Crippen molar-refractivity contribution >= 4 is 21.6 Å².